The third kappa shape index (κ3) is 1.99. The first-order valence-corrected chi connectivity index (χ1v) is 6.32. The number of anilines is 1. The molecule has 0 bridgehead atoms. The molecule has 1 fully saturated rings. The molecule has 0 unspecified atom stereocenters. The highest BCUT2D eigenvalue weighted by atomic mass is 16.5. The maximum absolute atomic E-state index is 5.93. The molecule has 1 aliphatic heterocycles. The second-order valence-electron chi connectivity index (χ2n) is 4.67. The van der Waals surface area contributed by atoms with Crippen molar-refractivity contribution in [2.75, 3.05) is 18.9 Å². The summed E-state index contributed by atoms with van der Waals surface area (Å²) >= 11 is 0. The third-order valence-electron chi connectivity index (χ3n) is 3.58. The zero-order chi connectivity index (χ0) is 12.4. The van der Waals surface area contributed by atoms with Crippen molar-refractivity contribution in [1.29, 1.82) is 0 Å². The molecule has 0 amide bonds. The molecule has 4 nitrogen and oxygen atoms in total. The molecule has 3 N–H and O–H groups in total. The number of aromatic amines is 1. The number of nitrogens with two attached hydrogens (primary N) is 1. The molecular formula is C14H17N3O. The fourth-order valence-corrected chi connectivity index (χ4v) is 2.62. The molecule has 0 saturated carbocycles. The van der Waals surface area contributed by atoms with Crippen LogP contribution in [0.2, 0.25) is 0 Å². The number of H-pyrrole nitrogens is 1. The Bertz CT molecular complexity index is 529. The normalized spacial score (nSPS) is 16.9. The molecule has 94 valence electrons. The fraction of sp³-hybridized carbons (Fsp3) is 0.357. The smallest absolute Gasteiger partial charge is 0.126 e. The molecular weight excluding hydrogens is 226 g/mol. The second-order valence-corrected chi connectivity index (χ2v) is 4.67. The lowest BCUT2D eigenvalue weighted by Crippen LogP contribution is -2.14. The summed E-state index contributed by atoms with van der Waals surface area (Å²) in [6, 6.07) is 8.44. The van der Waals surface area contributed by atoms with Crippen LogP contribution in [0.5, 0.6) is 0 Å². The standard InChI is InChI=1S/C14H17N3O/c15-14-13(9-16-17-14)12-4-2-1-3-11(12)10-5-7-18-8-6-10/h1-4,9-10H,5-8H2,(H3,15,16,17). The summed E-state index contributed by atoms with van der Waals surface area (Å²) in [6.07, 6.45) is 3.96. The van der Waals surface area contributed by atoms with E-state index in [1.165, 1.54) is 11.1 Å². The quantitative estimate of drug-likeness (QED) is 0.852. The van der Waals surface area contributed by atoms with Gasteiger partial charge in [0.25, 0.3) is 0 Å². The van der Waals surface area contributed by atoms with Gasteiger partial charge in [0.15, 0.2) is 0 Å². The lowest BCUT2D eigenvalue weighted by Gasteiger charge is -2.24. The van der Waals surface area contributed by atoms with Crippen molar-refractivity contribution in [3.63, 3.8) is 0 Å². The molecule has 0 aliphatic carbocycles. The third-order valence-corrected chi connectivity index (χ3v) is 3.58. The number of hydrogen-bond acceptors (Lipinski definition) is 3. The number of nitrogens with one attached hydrogen (secondary N) is 1. The Morgan fingerprint density at radius 3 is 2.67 bits per heavy atom. The van der Waals surface area contributed by atoms with Crippen molar-refractivity contribution >= 4 is 5.82 Å². The van der Waals surface area contributed by atoms with E-state index in [2.05, 4.69) is 28.4 Å². The van der Waals surface area contributed by atoms with Crippen molar-refractivity contribution in [2.45, 2.75) is 18.8 Å². The van der Waals surface area contributed by atoms with Gasteiger partial charge in [0.2, 0.25) is 0 Å². The van der Waals surface area contributed by atoms with Gasteiger partial charge in [0, 0.05) is 18.8 Å². The molecule has 0 spiro atoms. The van der Waals surface area contributed by atoms with Crippen molar-refractivity contribution in [1.82, 2.24) is 10.2 Å². The van der Waals surface area contributed by atoms with Crippen LogP contribution in [0.3, 0.4) is 0 Å². The van der Waals surface area contributed by atoms with Gasteiger partial charge in [0.1, 0.15) is 5.82 Å². The van der Waals surface area contributed by atoms with Gasteiger partial charge in [-0.25, -0.2) is 0 Å². The van der Waals surface area contributed by atoms with Crippen molar-refractivity contribution in [3.05, 3.63) is 36.0 Å². The first kappa shape index (κ1) is 11.3. The summed E-state index contributed by atoms with van der Waals surface area (Å²) in [5.41, 5.74) is 9.47. The highest BCUT2D eigenvalue weighted by Gasteiger charge is 2.20. The summed E-state index contributed by atoms with van der Waals surface area (Å²) < 4.78 is 5.43. The number of nitrogen functional groups attached to an aromatic ring is 1. The lowest BCUT2D eigenvalue weighted by molar-refractivity contribution is 0.0854. The predicted molar refractivity (Wildman–Crippen MR) is 71.2 cm³/mol. The average molecular weight is 243 g/mol. The Morgan fingerprint density at radius 1 is 1.17 bits per heavy atom. The van der Waals surface area contributed by atoms with E-state index < -0.39 is 0 Å². The number of ether oxygens (including phenoxy) is 1. The summed E-state index contributed by atoms with van der Waals surface area (Å²) in [6.45, 7) is 1.69. The first-order chi connectivity index (χ1) is 8.86. The number of aromatic nitrogens is 2. The molecule has 1 aliphatic rings. The van der Waals surface area contributed by atoms with Gasteiger partial charge in [-0.1, -0.05) is 24.3 Å². The number of nitrogens with zero attached hydrogens (tertiary/aromatic N) is 1. The number of rotatable bonds is 2. The van der Waals surface area contributed by atoms with Gasteiger partial charge >= 0.3 is 0 Å². The monoisotopic (exact) mass is 243 g/mol. The Labute approximate surface area is 106 Å². The SMILES string of the molecule is Nc1[nH]ncc1-c1ccccc1C1CCOCC1. The zero-order valence-corrected chi connectivity index (χ0v) is 10.2. The van der Waals surface area contributed by atoms with Crippen LogP contribution in [-0.2, 0) is 4.74 Å². The minimum absolute atomic E-state index is 0.559. The second kappa shape index (κ2) is 4.82. The van der Waals surface area contributed by atoms with E-state index in [1.54, 1.807) is 6.20 Å². The summed E-state index contributed by atoms with van der Waals surface area (Å²) in [5, 5.41) is 6.81. The molecule has 18 heavy (non-hydrogen) atoms. The molecule has 1 saturated heterocycles. The van der Waals surface area contributed by atoms with Gasteiger partial charge in [-0.3, -0.25) is 5.10 Å². The van der Waals surface area contributed by atoms with Crippen LogP contribution in [0, 0.1) is 0 Å². The zero-order valence-electron chi connectivity index (χ0n) is 10.2. The number of hydrogen-bond donors (Lipinski definition) is 2. The van der Waals surface area contributed by atoms with Gasteiger partial charge in [-0.2, -0.15) is 5.10 Å². The van der Waals surface area contributed by atoms with E-state index in [-0.39, 0.29) is 0 Å². The van der Waals surface area contributed by atoms with Crippen LogP contribution in [-0.4, -0.2) is 23.4 Å². The van der Waals surface area contributed by atoms with E-state index in [0.717, 1.165) is 31.6 Å². The summed E-state index contributed by atoms with van der Waals surface area (Å²) in [4.78, 5) is 0. The van der Waals surface area contributed by atoms with Crippen LogP contribution >= 0.6 is 0 Å². The average Bonchev–Trinajstić information content (AvgIpc) is 2.86. The maximum atomic E-state index is 5.93. The maximum Gasteiger partial charge on any atom is 0.126 e. The van der Waals surface area contributed by atoms with Gasteiger partial charge < -0.3 is 10.5 Å². The molecule has 0 atom stereocenters. The Balaban J connectivity index is 2.02. The Kier molecular flexibility index (Phi) is 3.02. The summed E-state index contributed by atoms with van der Waals surface area (Å²) in [5.74, 6) is 1.19. The fourth-order valence-electron chi connectivity index (χ4n) is 2.62. The van der Waals surface area contributed by atoms with Crippen LogP contribution in [0.4, 0.5) is 5.82 Å². The van der Waals surface area contributed by atoms with Gasteiger partial charge in [-0.05, 0) is 29.9 Å². The largest absolute Gasteiger partial charge is 0.384 e. The van der Waals surface area contributed by atoms with Crippen molar-refractivity contribution in [3.8, 4) is 11.1 Å². The molecule has 3 rings (SSSR count). The molecule has 1 aromatic heterocycles. The van der Waals surface area contributed by atoms with Crippen LogP contribution < -0.4 is 5.73 Å². The number of benzene rings is 1. The van der Waals surface area contributed by atoms with Crippen LogP contribution in [0.1, 0.15) is 24.3 Å². The Morgan fingerprint density at radius 2 is 1.94 bits per heavy atom. The minimum Gasteiger partial charge on any atom is -0.384 e. The molecule has 2 heterocycles. The van der Waals surface area contributed by atoms with Crippen LogP contribution in [0.25, 0.3) is 11.1 Å². The molecule has 1 aromatic carbocycles. The van der Waals surface area contributed by atoms with Gasteiger partial charge in [0.05, 0.1) is 6.20 Å². The first-order valence-electron chi connectivity index (χ1n) is 6.32. The molecule has 4 heteroatoms. The van der Waals surface area contributed by atoms with E-state index in [9.17, 15) is 0 Å². The Hall–Kier alpha value is -1.81. The molecule has 0 radical (unpaired) electrons. The predicted octanol–water partition coefficient (Wildman–Crippen LogP) is 2.55. The minimum atomic E-state index is 0.559. The van der Waals surface area contributed by atoms with E-state index in [1.807, 2.05) is 6.07 Å². The van der Waals surface area contributed by atoms with Gasteiger partial charge in [-0.15, -0.1) is 0 Å². The molecule has 2 aromatic rings. The van der Waals surface area contributed by atoms with E-state index in [4.69, 9.17) is 10.5 Å². The topological polar surface area (TPSA) is 63.9 Å². The van der Waals surface area contributed by atoms with Crippen molar-refractivity contribution < 1.29 is 4.74 Å². The highest BCUT2D eigenvalue weighted by molar-refractivity contribution is 5.76. The van der Waals surface area contributed by atoms with Crippen LogP contribution in [0.15, 0.2) is 30.5 Å². The van der Waals surface area contributed by atoms with Crippen molar-refractivity contribution in [2.24, 2.45) is 0 Å². The van der Waals surface area contributed by atoms with E-state index >= 15 is 0 Å². The summed E-state index contributed by atoms with van der Waals surface area (Å²) in [7, 11) is 0. The van der Waals surface area contributed by atoms with E-state index in [0.29, 0.717) is 11.7 Å². The lowest BCUT2D eigenvalue weighted by atomic mass is 9.86. The highest BCUT2D eigenvalue weighted by Crippen LogP contribution is 2.36.